The zero-order valence-corrected chi connectivity index (χ0v) is 20.8. The predicted octanol–water partition coefficient (Wildman–Crippen LogP) is 6.56. The van der Waals surface area contributed by atoms with Crippen molar-refractivity contribution in [2.24, 2.45) is 0 Å². The van der Waals surface area contributed by atoms with E-state index in [1.807, 2.05) is 6.07 Å². The first-order chi connectivity index (χ1) is 15.6. The maximum Gasteiger partial charge on any atom is 0.0683 e. The number of nitrogens with zero attached hydrogens (tertiary/aromatic N) is 3. The summed E-state index contributed by atoms with van der Waals surface area (Å²) in [6.07, 6.45) is 1.10. The molecule has 0 saturated carbocycles. The molecule has 5 heteroatoms. The fraction of sp³-hybridized carbons (Fsp3) is 0.481. The van der Waals surface area contributed by atoms with Crippen LogP contribution in [0.25, 0.3) is 10.9 Å². The smallest absolute Gasteiger partial charge is 0.0683 e. The molecule has 0 radical (unpaired) electrons. The van der Waals surface area contributed by atoms with Crippen LogP contribution in [0.4, 0.5) is 11.4 Å². The quantitative estimate of drug-likeness (QED) is 0.377. The zero-order chi connectivity index (χ0) is 22.7. The zero-order valence-electron chi connectivity index (χ0n) is 20.0. The second-order valence-electron chi connectivity index (χ2n) is 8.68. The third-order valence-electron chi connectivity index (χ3n) is 7.15. The number of para-hydroxylation sites is 1. The Balaban J connectivity index is 1.82. The molecule has 32 heavy (non-hydrogen) atoms. The molecule has 0 aliphatic carbocycles. The van der Waals surface area contributed by atoms with Gasteiger partial charge in [-0.3, -0.25) is 0 Å². The normalized spacial score (nSPS) is 15.3. The van der Waals surface area contributed by atoms with E-state index in [1.165, 1.54) is 27.8 Å². The van der Waals surface area contributed by atoms with Crippen molar-refractivity contribution in [2.45, 2.75) is 46.6 Å². The molecule has 0 fully saturated rings. The van der Waals surface area contributed by atoms with Gasteiger partial charge in [0.1, 0.15) is 0 Å². The van der Waals surface area contributed by atoms with Crippen molar-refractivity contribution >= 4 is 33.9 Å². The lowest BCUT2D eigenvalue weighted by Gasteiger charge is -2.31. The Morgan fingerprint density at radius 2 is 1.59 bits per heavy atom. The van der Waals surface area contributed by atoms with Crippen LogP contribution in [0.1, 0.15) is 51.3 Å². The van der Waals surface area contributed by atoms with Gasteiger partial charge < -0.3 is 19.7 Å². The number of anilines is 2. The minimum atomic E-state index is 0.350. The third kappa shape index (κ3) is 4.41. The Bertz CT molecular complexity index is 1050. The molecule has 1 atom stereocenters. The third-order valence-corrected chi connectivity index (χ3v) is 7.39. The number of halogens is 1. The van der Waals surface area contributed by atoms with E-state index in [2.05, 4.69) is 83.8 Å². The van der Waals surface area contributed by atoms with Crippen molar-refractivity contribution in [2.75, 3.05) is 44.6 Å². The molecule has 3 aromatic rings. The molecule has 1 N–H and O–H groups in total. The van der Waals surface area contributed by atoms with Gasteiger partial charge in [-0.25, -0.2) is 0 Å². The largest absolute Gasteiger partial charge is 0.353 e. The minimum Gasteiger partial charge on any atom is -0.353 e. The van der Waals surface area contributed by atoms with Gasteiger partial charge in [0.25, 0.3) is 0 Å². The molecular weight excluding hydrogens is 416 g/mol. The van der Waals surface area contributed by atoms with Crippen LogP contribution in [0, 0.1) is 0 Å². The number of nitrogens with one attached hydrogen (secondary N) is 1. The van der Waals surface area contributed by atoms with Gasteiger partial charge in [-0.2, -0.15) is 0 Å². The van der Waals surface area contributed by atoms with Gasteiger partial charge in [0, 0.05) is 35.1 Å². The topological polar surface area (TPSA) is 23.4 Å². The number of fused-ring (bicyclic) bond motifs is 4. The Morgan fingerprint density at radius 3 is 2.31 bits per heavy atom. The van der Waals surface area contributed by atoms with Crippen molar-refractivity contribution in [3.8, 4) is 0 Å². The Hall–Kier alpha value is -2.01. The van der Waals surface area contributed by atoms with Gasteiger partial charge >= 0.3 is 0 Å². The van der Waals surface area contributed by atoms with Crippen LogP contribution in [-0.4, -0.2) is 53.6 Å². The molecule has 2 aromatic carbocycles. The molecule has 1 aliphatic rings. The van der Waals surface area contributed by atoms with E-state index in [9.17, 15) is 0 Å². The first-order valence-corrected chi connectivity index (χ1v) is 12.6. The van der Waals surface area contributed by atoms with Crippen molar-refractivity contribution in [3.05, 3.63) is 58.7 Å². The van der Waals surface area contributed by atoms with Crippen LogP contribution in [0.5, 0.6) is 0 Å². The standard InChI is InChI=1S/C27H37ClN4/c1-5-30(6-2)16-15-22-21-14-13-20(28)19-24(21)29-26-23-11-9-10-12-25(23)32(27(22)26)18-17-31(7-3)8-4/h9-14,19,22,29H,5-8,15-18H2,1-4H3. The van der Waals surface area contributed by atoms with Crippen LogP contribution in [0.2, 0.25) is 5.02 Å². The molecular formula is C27H37ClN4. The molecule has 1 aromatic heterocycles. The summed E-state index contributed by atoms with van der Waals surface area (Å²) >= 11 is 6.40. The minimum absolute atomic E-state index is 0.350. The lowest BCUT2D eigenvalue weighted by atomic mass is 9.87. The molecule has 172 valence electrons. The highest BCUT2D eigenvalue weighted by Gasteiger charge is 2.31. The maximum atomic E-state index is 6.40. The van der Waals surface area contributed by atoms with Crippen LogP contribution < -0.4 is 5.32 Å². The van der Waals surface area contributed by atoms with Crippen molar-refractivity contribution < 1.29 is 0 Å². The van der Waals surface area contributed by atoms with E-state index in [1.54, 1.807) is 0 Å². The second kappa shape index (κ2) is 10.3. The number of benzene rings is 2. The summed E-state index contributed by atoms with van der Waals surface area (Å²) in [5, 5.41) is 5.86. The highest BCUT2D eigenvalue weighted by molar-refractivity contribution is 6.31. The average Bonchev–Trinajstić information content (AvgIpc) is 3.13. The van der Waals surface area contributed by atoms with E-state index in [0.717, 1.165) is 62.9 Å². The Labute approximate surface area is 198 Å². The van der Waals surface area contributed by atoms with Crippen molar-refractivity contribution in [1.29, 1.82) is 0 Å². The van der Waals surface area contributed by atoms with Gasteiger partial charge in [-0.15, -0.1) is 0 Å². The monoisotopic (exact) mass is 452 g/mol. The van der Waals surface area contributed by atoms with E-state index in [0.29, 0.717) is 5.92 Å². The lowest BCUT2D eigenvalue weighted by molar-refractivity contribution is 0.285. The van der Waals surface area contributed by atoms with Gasteiger partial charge in [0.2, 0.25) is 0 Å². The van der Waals surface area contributed by atoms with E-state index in [-0.39, 0.29) is 0 Å². The van der Waals surface area contributed by atoms with Crippen molar-refractivity contribution in [3.63, 3.8) is 0 Å². The van der Waals surface area contributed by atoms with Crippen LogP contribution in [-0.2, 0) is 6.54 Å². The first kappa shape index (κ1) is 23.2. The summed E-state index contributed by atoms with van der Waals surface area (Å²) in [7, 11) is 0. The number of aromatic nitrogens is 1. The molecule has 0 bridgehead atoms. The maximum absolute atomic E-state index is 6.40. The average molecular weight is 453 g/mol. The Morgan fingerprint density at radius 1 is 0.906 bits per heavy atom. The SMILES string of the molecule is CCN(CC)CCC1c2ccc(Cl)cc2Nc2c1n(CCN(CC)CC)c1ccccc21. The molecule has 0 spiro atoms. The van der Waals surface area contributed by atoms with Crippen LogP contribution in [0.3, 0.4) is 0 Å². The van der Waals surface area contributed by atoms with Gasteiger partial charge in [-0.05, 0) is 62.9 Å². The van der Waals surface area contributed by atoms with Gasteiger partial charge in [-0.1, -0.05) is 63.6 Å². The summed E-state index contributed by atoms with van der Waals surface area (Å²) in [5.41, 5.74) is 6.53. The fourth-order valence-electron chi connectivity index (χ4n) is 5.21. The summed E-state index contributed by atoms with van der Waals surface area (Å²) in [4.78, 5) is 5.04. The summed E-state index contributed by atoms with van der Waals surface area (Å²) < 4.78 is 2.58. The highest BCUT2D eigenvalue weighted by Crippen LogP contribution is 2.48. The van der Waals surface area contributed by atoms with E-state index >= 15 is 0 Å². The van der Waals surface area contributed by atoms with Crippen LogP contribution in [0.15, 0.2) is 42.5 Å². The molecule has 4 nitrogen and oxygen atoms in total. The summed E-state index contributed by atoms with van der Waals surface area (Å²) in [6.45, 7) is 16.5. The first-order valence-electron chi connectivity index (χ1n) is 12.2. The Kier molecular flexibility index (Phi) is 7.44. The highest BCUT2D eigenvalue weighted by atomic mass is 35.5. The molecule has 4 rings (SSSR count). The number of hydrogen-bond acceptors (Lipinski definition) is 3. The van der Waals surface area contributed by atoms with Crippen molar-refractivity contribution in [1.82, 2.24) is 14.4 Å². The molecule has 1 unspecified atom stereocenters. The fourth-order valence-corrected chi connectivity index (χ4v) is 5.38. The van der Waals surface area contributed by atoms with Gasteiger partial charge in [0.05, 0.1) is 16.9 Å². The molecule has 0 saturated heterocycles. The number of hydrogen-bond donors (Lipinski definition) is 1. The lowest BCUT2D eigenvalue weighted by Crippen LogP contribution is -2.29. The van der Waals surface area contributed by atoms with E-state index in [4.69, 9.17) is 11.6 Å². The van der Waals surface area contributed by atoms with Crippen LogP contribution >= 0.6 is 11.6 Å². The summed E-state index contributed by atoms with van der Waals surface area (Å²) in [5.74, 6) is 0.350. The number of rotatable bonds is 10. The molecule has 1 aliphatic heterocycles. The molecule has 0 amide bonds. The predicted molar refractivity (Wildman–Crippen MR) is 139 cm³/mol. The summed E-state index contributed by atoms with van der Waals surface area (Å²) in [6, 6.07) is 15.2. The second-order valence-corrected chi connectivity index (χ2v) is 9.12. The van der Waals surface area contributed by atoms with E-state index < -0.39 is 0 Å². The number of likely N-dealkylation sites (N-methyl/N-ethyl adjacent to an activating group) is 1. The van der Waals surface area contributed by atoms with Gasteiger partial charge in [0.15, 0.2) is 0 Å². The molecule has 2 heterocycles.